The molecule has 1 aromatic rings. The van der Waals surface area contributed by atoms with Crippen LogP contribution in [0.4, 0.5) is 5.69 Å². The summed E-state index contributed by atoms with van der Waals surface area (Å²) in [5.74, 6) is 0.510. The van der Waals surface area contributed by atoms with Crippen LogP contribution in [0.25, 0.3) is 0 Å². The van der Waals surface area contributed by atoms with Crippen LogP contribution in [0.1, 0.15) is 125 Å². The molecule has 4 atom stereocenters. The second kappa shape index (κ2) is 11.8. The lowest BCUT2D eigenvalue weighted by Crippen LogP contribution is -2.42. The van der Waals surface area contributed by atoms with E-state index in [1.54, 1.807) is 18.2 Å². The minimum absolute atomic E-state index is 0.0204. The van der Waals surface area contributed by atoms with Gasteiger partial charge in [0.1, 0.15) is 0 Å². The molecule has 0 heterocycles. The van der Waals surface area contributed by atoms with Gasteiger partial charge in [-0.2, -0.15) is 0 Å². The molecule has 3 fully saturated rings. The number of anilines is 1. The van der Waals surface area contributed by atoms with Gasteiger partial charge in [-0.1, -0.05) is 65.7 Å². The molecular formula is C30H45N3O3. The first kappa shape index (κ1) is 26.7. The molecular weight excluding hydrogens is 450 g/mol. The highest BCUT2D eigenvalue weighted by atomic mass is 16.2. The highest BCUT2D eigenvalue weighted by molar-refractivity contribution is 6.03. The van der Waals surface area contributed by atoms with E-state index in [0.717, 1.165) is 64.2 Å². The second-order valence-electron chi connectivity index (χ2n) is 12.1. The average molecular weight is 496 g/mol. The van der Waals surface area contributed by atoms with Gasteiger partial charge in [-0.15, -0.1) is 0 Å². The van der Waals surface area contributed by atoms with Crippen molar-refractivity contribution in [3.63, 3.8) is 0 Å². The Labute approximate surface area is 216 Å². The van der Waals surface area contributed by atoms with Gasteiger partial charge in [0.05, 0.1) is 0 Å². The molecule has 198 valence electrons. The van der Waals surface area contributed by atoms with E-state index < -0.39 is 5.41 Å². The molecule has 0 radical (unpaired) electrons. The van der Waals surface area contributed by atoms with Crippen molar-refractivity contribution in [2.75, 3.05) is 5.32 Å². The van der Waals surface area contributed by atoms with Crippen LogP contribution in [0.3, 0.4) is 0 Å². The van der Waals surface area contributed by atoms with E-state index in [4.69, 9.17) is 0 Å². The van der Waals surface area contributed by atoms with Crippen LogP contribution in [-0.4, -0.2) is 29.8 Å². The molecule has 6 heteroatoms. The summed E-state index contributed by atoms with van der Waals surface area (Å²) < 4.78 is 0. The molecule has 3 amide bonds. The third-order valence-electron chi connectivity index (χ3n) is 9.08. The summed E-state index contributed by atoms with van der Waals surface area (Å²) in [7, 11) is 0. The highest BCUT2D eigenvalue weighted by Crippen LogP contribution is 2.37. The number of carbonyl (C=O) groups is 3. The average Bonchev–Trinajstić information content (AvgIpc) is 2.87. The van der Waals surface area contributed by atoms with Crippen molar-refractivity contribution in [2.45, 2.75) is 116 Å². The van der Waals surface area contributed by atoms with Crippen LogP contribution in [0, 0.1) is 17.3 Å². The molecule has 0 aromatic heterocycles. The molecule has 1 aromatic carbocycles. The minimum Gasteiger partial charge on any atom is -0.349 e. The molecule has 6 nitrogen and oxygen atoms in total. The van der Waals surface area contributed by atoms with Gasteiger partial charge in [-0.25, -0.2) is 0 Å². The molecule has 3 saturated carbocycles. The summed E-state index contributed by atoms with van der Waals surface area (Å²) in [6.07, 6.45) is 13.9. The highest BCUT2D eigenvalue weighted by Gasteiger charge is 2.35. The van der Waals surface area contributed by atoms with E-state index in [1.165, 1.54) is 19.3 Å². The number of benzene rings is 1. The van der Waals surface area contributed by atoms with Crippen molar-refractivity contribution in [3.8, 4) is 0 Å². The molecule has 0 aliphatic heterocycles. The topological polar surface area (TPSA) is 87.3 Å². The van der Waals surface area contributed by atoms with Crippen molar-refractivity contribution >= 4 is 23.4 Å². The molecule has 0 saturated heterocycles. The van der Waals surface area contributed by atoms with Crippen molar-refractivity contribution < 1.29 is 14.4 Å². The first-order chi connectivity index (χ1) is 17.2. The van der Waals surface area contributed by atoms with E-state index in [2.05, 4.69) is 29.8 Å². The zero-order valence-electron chi connectivity index (χ0n) is 22.5. The maximum absolute atomic E-state index is 13.3. The third-order valence-corrected chi connectivity index (χ3v) is 9.08. The fraction of sp³-hybridized carbons (Fsp3) is 0.700. The Balaban J connectivity index is 1.56. The fourth-order valence-electron chi connectivity index (χ4n) is 6.37. The molecule has 3 N–H and O–H groups in total. The van der Waals surface area contributed by atoms with Gasteiger partial charge < -0.3 is 16.0 Å². The van der Waals surface area contributed by atoms with Crippen molar-refractivity contribution in [3.05, 3.63) is 29.3 Å². The number of carbonyl (C=O) groups excluding carboxylic acids is 3. The fourth-order valence-corrected chi connectivity index (χ4v) is 6.37. The Morgan fingerprint density at radius 1 is 0.694 bits per heavy atom. The smallest absolute Gasteiger partial charge is 0.251 e. The summed E-state index contributed by atoms with van der Waals surface area (Å²) in [6.45, 7) is 6.41. The Morgan fingerprint density at radius 2 is 1.17 bits per heavy atom. The van der Waals surface area contributed by atoms with E-state index in [-0.39, 0.29) is 29.8 Å². The van der Waals surface area contributed by atoms with Crippen molar-refractivity contribution in [2.24, 2.45) is 17.3 Å². The van der Waals surface area contributed by atoms with Crippen LogP contribution in [-0.2, 0) is 4.79 Å². The molecule has 3 aliphatic rings. The van der Waals surface area contributed by atoms with Crippen LogP contribution < -0.4 is 16.0 Å². The third kappa shape index (κ3) is 6.49. The molecule has 0 bridgehead atoms. The normalized spacial score (nSPS) is 28.1. The first-order valence-corrected chi connectivity index (χ1v) is 14.3. The maximum atomic E-state index is 13.3. The quantitative estimate of drug-likeness (QED) is 0.438. The summed E-state index contributed by atoms with van der Waals surface area (Å²) in [5, 5.41) is 9.48. The largest absolute Gasteiger partial charge is 0.349 e. The van der Waals surface area contributed by atoms with Crippen molar-refractivity contribution in [1.82, 2.24) is 10.6 Å². The summed E-state index contributed by atoms with van der Waals surface area (Å²) >= 11 is 0. The maximum Gasteiger partial charge on any atom is 0.251 e. The Morgan fingerprint density at radius 3 is 1.64 bits per heavy atom. The lowest BCUT2D eigenvalue weighted by molar-refractivity contribution is -0.126. The Kier molecular flexibility index (Phi) is 8.74. The number of nitrogens with one attached hydrogen (secondary N) is 3. The van der Waals surface area contributed by atoms with E-state index in [1.807, 2.05) is 6.92 Å². The van der Waals surface area contributed by atoms with Crippen LogP contribution in [0.15, 0.2) is 18.2 Å². The van der Waals surface area contributed by atoms with Gasteiger partial charge in [0.15, 0.2) is 0 Å². The van der Waals surface area contributed by atoms with Gasteiger partial charge in [-0.3, -0.25) is 14.4 Å². The van der Waals surface area contributed by atoms with E-state index in [0.29, 0.717) is 28.7 Å². The molecule has 4 rings (SSSR count). The standard InChI is InChI=1S/C30H45N3O3/c1-20-11-5-7-13-25(20)32-27(34)22-17-23(28(35)33-26-14-8-6-12-21(26)2)19-24(18-22)31-29(36)30(3)15-9-4-10-16-30/h17-21,25-26H,4-16H2,1-3H3,(H,31,36)(H,32,34)(H,33,35). The first-order valence-electron chi connectivity index (χ1n) is 14.3. The molecule has 4 unspecified atom stereocenters. The number of rotatable bonds is 6. The van der Waals surface area contributed by atoms with Crippen LogP contribution >= 0.6 is 0 Å². The summed E-state index contributed by atoms with van der Waals surface area (Å²) in [4.78, 5) is 39.9. The molecule has 3 aliphatic carbocycles. The SMILES string of the molecule is CC1CCCCC1NC(=O)c1cc(NC(=O)C2(C)CCCCC2)cc(C(=O)NC2CCCCC2C)c1. The lowest BCUT2D eigenvalue weighted by atomic mass is 9.75. The van der Waals surface area contributed by atoms with Gasteiger partial charge >= 0.3 is 0 Å². The van der Waals surface area contributed by atoms with Gasteiger partial charge in [0, 0.05) is 34.3 Å². The monoisotopic (exact) mass is 495 g/mol. The Bertz CT molecular complexity index is 899. The number of amides is 3. The zero-order chi connectivity index (χ0) is 25.7. The number of hydrogen-bond donors (Lipinski definition) is 3. The van der Waals surface area contributed by atoms with Crippen LogP contribution in [0.5, 0.6) is 0 Å². The predicted molar refractivity (Wildman–Crippen MR) is 144 cm³/mol. The Hall–Kier alpha value is -2.37. The van der Waals surface area contributed by atoms with Crippen molar-refractivity contribution in [1.29, 1.82) is 0 Å². The zero-order valence-corrected chi connectivity index (χ0v) is 22.5. The van der Waals surface area contributed by atoms with E-state index in [9.17, 15) is 14.4 Å². The predicted octanol–water partition coefficient (Wildman–Crippen LogP) is 6.21. The molecule has 36 heavy (non-hydrogen) atoms. The van der Waals surface area contributed by atoms with Gasteiger partial charge in [0.25, 0.3) is 11.8 Å². The lowest BCUT2D eigenvalue weighted by Gasteiger charge is -2.32. The van der Waals surface area contributed by atoms with Crippen LogP contribution in [0.2, 0.25) is 0 Å². The second-order valence-corrected chi connectivity index (χ2v) is 12.1. The summed E-state index contributed by atoms with van der Waals surface area (Å²) in [6, 6.07) is 5.43. The van der Waals surface area contributed by atoms with Gasteiger partial charge in [0.2, 0.25) is 5.91 Å². The van der Waals surface area contributed by atoms with Gasteiger partial charge in [-0.05, 0) is 68.6 Å². The molecule has 0 spiro atoms. The summed E-state index contributed by atoms with van der Waals surface area (Å²) in [5.41, 5.74) is 0.981. The minimum atomic E-state index is -0.409. The van der Waals surface area contributed by atoms with E-state index >= 15 is 0 Å². The number of hydrogen-bond acceptors (Lipinski definition) is 3.